The van der Waals surface area contributed by atoms with Gasteiger partial charge >= 0.3 is 0 Å². The summed E-state index contributed by atoms with van der Waals surface area (Å²) >= 11 is 0. The summed E-state index contributed by atoms with van der Waals surface area (Å²) < 4.78 is 11.1. The first-order valence-corrected chi connectivity index (χ1v) is 10.2. The van der Waals surface area contributed by atoms with Gasteiger partial charge in [0.1, 0.15) is 5.58 Å². The van der Waals surface area contributed by atoms with E-state index in [0.717, 1.165) is 5.56 Å². The molecule has 0 radical (unpaired) electrons. The number of hydrogen-bond donors (Lipinski definition) is 0. The summed E-state index contributed by atoms with van der Waals surface area (Å²) in [5, 5.41) is 0.365. The normalized spacial score (nSPS) is 19.6. The number of benzene rings is 2. The lowest BCUT2D eigenvalue weighted by Gasteiger charge is -2.33. The van der Waals surface area contributed by atoms with Crippen molar-refractivity contribution >= 4 is 28.5 Å². The Hall–Kier alpha value is -3.45. The van der Waals surface area contributed by atoms with Crippen molar-refractivity contribution in [2.24, 2.45) is 0 Å². The molecule has 5 rings (SSSR count). The minimum atomic E-state index is -1.54. The van der Waals surface area contributed by atoms with Gasteiger partial charge in [-0.3, -0.25) is 14.4 Å². The number of ether oxygens (including phenoxy) is 1. The second-order valence-electron chi connectivity index (χ2n) is 8.03. The van der Waals surface area contributed by atoms with E-state index in [1.165, 1.54) is 9.80 Å². The molecule has 2 aliphatic heterocycles. The fraction of sp³-hybridized carbons (Fsp3) is 0.292. The number of para-hydroxylation sites is 1. The van der Waals surface area contributed by atoms with Crippen LogP contribution in [0.15, 0.2) is 51.7 Å². The monoisotopic (exact) mass is 418 g/mol. The van der Waals surface area contributed by atoms with Gasteiger partial charge in [-0.05, 0) is 31.5 Å². The number of fused-ring (bicyclic) bond motifs is 5. The molecule has 0 bridgehead atoms. The molecule has 3 heterocycles. The molecule has 31 heavy (non-hydrogen) atoms. The number of likely N-dealkylation sites (N-methyl/N-ethyl adjacent to an activating group) is 1. The van der Waals surface area contributed by atoms with Crippen LogP contribution in [-0.2, 0) is 15.1 Å². The first kappa shape index (κ1) is 19.5. The summed E-state index contributed by atoms with van der Waals surface area (Å²) in [6, 6.07) is 12.5. The van der Waals surface area contributed by atoms with Gasteiger partial charge in [0.25, 0.3) is 11.8 Å². The van der Waals surface area contributed by atoms with Crippen molar-refractivity contribution in [1.82, 2.24) is 4.90 Å². The van der Waals surface area contributed by atoms with Crippen molar-refractivity contribution in [3.05, 3.63) is 75.1 Å². The van der Waals surface area contributed by atoms with E-state index in [4.69, 9.17) is 9.15 Å². The summed E-state index contributed by atoms with van der Waals surface area (Å²) in [5.74, 6) is -0.848. The average Bonchev–Trinajstić information content (AvgIpc) is 3.15. The molecule has 7 heteroatoms. The zero-order chi connectivity index (χ0) is 21.9. The minimum absolute atomic E-state index is 0.0581. The largest absolute Gasteiger partial charge is 0.450 e. The summed E-state index contributed by atoms with van der Waals surface area (Å²) in [6.07, 6.45) is 0.518. The van der Waals surface area contributed by atoms with Crippen LogP contribution < -0.4 is 10.3 Å². The van der Waals surface area contributed by atoms with Gasteiger partial charge in [-0.2, -0.15) is 0 Å². The molecular weight excluding hydrogens is 396 g/mol. The lowest BCUT2D eigenvalue weighted by molar-refractivity contribution is -0.125. The van der Waals surface area contributed by atoms with Crippen LogP contribution in [0, 0.1) is 6.92 Å². The van der Waals surface area contributed by atoms with E-state index in [0.29, 0.717) is 35.2 Å². The first-order valence-electron chi connectivity index (χ1n) is 10.2. The van der Waals surface area contributed by atoms with Gasteiger partial charge in [0.2, 0.25) is 5.76 Å². The van der Waals surface area contributed by atoms with Crippen molar-refractivity contribution in [1.29, 1.82) is 0 Å². The maximum atomic E-state index is 13.8. The predicted octanol–water partition coefficient (Wildman–Crippen LogP) is 2.81. The predicted molar refractivity (Wildman–Crippen MR) is 115 cm³/mol. The molecule has 1 spiro atoms. The van der Waals surface area contributed by atoms with Crippen LogP contribution in [0.5, 0.6) is 0 Å². The Morgan fingerprint density at radius 2 is 1.87 bits per heavy atom. The average molecular weight is 418 g/mol. The van der Waals surface area contributed by atoms with Crippen LogP contribution in [0.2, 0.25) is 0 Å². The smallest absolute Gasteiger partial charge is 0.291 e. The zero-order valence-corrected chi connectivity index (χ0v) is 17.6. The number of nitrogens with zero attached hydrogens (tertiary/aromatic N) is 2. The molecule has 7 nitrogen and oxygen atoms in total. The Morgan fingerprint density at radius 3 is 2.65 bits per heavy atom. The van der Waals surface area contributed by atoms with Gasteiger partial charge < -0.3 is 19.0 Å². The van der Waals surface area contributed by atoms with E-state index < -0.39 is 11.4 Å². The molecule has 2 aliphatic rings. The van der Waals surface area contributed by atoms with E-state index in [9.17, 15) is 14.4 Å². The minimum Gasteiger partial charge on any atom is -0.450 e. The summed E-state index contributed by atoms with van der Waals surface area (Å²) in [4.78, 5) is 44.2. The highest BCUT2D eigenvalue weighted by molar-refractivity contribution is 6.16. The van der Waals surface area contributed by atoms with Crippen LogP contribution >= 0.6 is 0 Å². The third-order valence-corrected chi connectivity index (χ3v) is 6.25. The molecule has 0 saturated heterocycles. The molecule has 0 fully saturated rings. The van der Waals surface area contributed by atoms with Gasteiger partial charge in [0.15, 0.2) is 11.0 Å². The number of methoxy groups -OCH3 is 1. The van der Waals surface area contributed by atoms with Gasteiger partial charge in [0.05, 0.1) is 10.9 Å². The number of hydrogen-bond acceptors (Lipinski definition) is 5. The third kappa shape index (κ3) is 2.41. The Bertz CT molecular complexity index is 1310. The maximum Gasteiger partial charge on any atom is 0.291 e. The Kier molecular flexibility index (Phi) is 4.27. The van der Waals surface area contributed by atoms with Gasteiger partial charge in [-0.1, -0.05) is 29.8 Å². The fourth-order valence-electron chi connectivity index (χ4n) is 4.88. The van der Waals surface area contributed by atoms with Crippen LogP contribution in [0.1, 0.15) is 33.7 Å². The maximum absolute atomic E-state index is 13.8. The molecule has 2 aromatic carbocycles. The molecule has 0 unspecified atom stereocenters. The van der Waals surface area contributed by atoms with E-state index >= 15 is 0 Å². The van der Waals surface area contributed by atoms with E-state index in [1.807, 2.05) is 37.3 Å². The SMILES string of the molecule is COCCCN1C(=O)c2oc3ccc(C)cc3c(=O)c2[C@@]12C(=O)N(C)c1ccccc12. The standard InChI is InChI=1S/C24H22N2O5/c1-14-9-10-18-15(13-14)20(27)19-21(31-18)22(28)26(11-6-12-30-3)24(19)16-7-4-5-8-17(16)25(2)23(24)29/h4-5,7-10,13H,6,11-12H2,1-3H3/t24-/m0/s1. The lowest BCUT2D eigenvalue weighted by Crippen LogP contribution is -2.53. The first-order chi connectivity index (χ1) is 14.9. The van der Waals surface area contributed by atoms with Crippen molar-refractivity contribution < 1.29 is 18.7 Å². The number of carbonyl (C=O) groups is 2. The highest BCUT2D eigenvalue weighted by Gasteiger charge is 2.64. The van der Waals surface area contributed by atoms with Crippen LogP contribution in [0.4, 0.5) is 5.69 Å². The fourth-order valence-corrected chi connectivity index (χ4v) is 4.88. The van der Waals surface area contributed by atoms with E-state index in [2.05, 4.69) is 0 Å². The highest BCUT2D eigenvalue weighted by atomic mass is 16.5. The Balaban J connectivity index is 1.88. The zero-order valence-electron chi connectivity index (χ0n) is 17.6. The molecule has 0 N–H and O–H groups in total. The van der Waals surface area contributed by atoms with E-state index in [-0.39, 0.29) is 29.2 Å². The molecule has 0 saturated carbocycles. The van der Waals surface area contributed by atoms with E-state index in [1.54, 1.807) is 26.3 Å². The number of rotatable bonds is 4. The van der Waals surface area contributed by atoms with Crippen molar-refractivity contribution in [3.63, 3.8) is 0 Å². The summed E-state index contributed by atoms with van der Waals surface area (Å²) in [7, 11) is 3.25. The topological polar surface area (TPSA) is 80.1 Å². The second-order valence-corrected chi connectivity index (χ2v) is 8.03. The Morgan fingerprint density at radius 1 is 1.10 bits per heavy atom. The van der Waals surface area contributed by atoms with Crippen LogP contribution in [0.3, 0.4) is 0 Å². The molecule has 0 aliphatic carbocycles. The van der Waals surface area contributed by atoms with Gasteiger partial charge in [-0.15, -0.1) is 0 Å². The van der Waals surface area contributed by atoms with Gasteiger partial charge in [0, 0.05) is 38.6 Å². The molecule has 2 amide bonds. The summed E-state index contributed by atoms with van der Waals surface area (Å²) in [6.45, 7) is 2.55. The van der Waals surface area contributed by atoms with Gasteiger partial charge in [-0.25, -0.2) is 0 Å². The van der Waals surface area contributed by atoms with Crippen molar-refractivity contribution in [3.8, 4) is 0 Å². The number of anilines is 1. The molecule has 3 aromatic rings. The lowest BCUT2D eigenvalue weighted by atomic mass is 9.84. The number of carbonyl (C=O) groups excluding carboxylic acids is 2. The van der Waals surface area contributed by atoms with Crippen LogP contribution in [0.25, 0.3) is 11.0 Å². The number of amides is 2. The second kappa shape index (κ2) is 6.78. The molecular formula is C24H22N2O5. The van der Waals surface area contributed by atoms with Crippen molar-refractivity contribution in [2.45, 2.75) is 18.9 Å². The molecule has 158 valence electrons. The Labute approximate surface area is 178 Å². The molecule has 1 aromatic heterocycles. The molecule has 1 atom stereocenters. The van der Waals surface area contributed by atoms with Crippen molar-refractivity contribution in [2.75, 3.05) is 32.2 Å². The quantitative estimate of drug-likeness (QED) is 0.609. The third-order valence-electron chi connectivity index (χ3n) is 6.25. The summed E-state index contributed by atoms with van der Waals surface area (Å²) in [5.41, 5.74) is 0.745. The number of aryl methyl sites for hydroxylation is 1. The highest BCUT2D eigenvalue weighted by Crippen LogP contribution is 2.52. The van der Waals surface area contributed by atoms with Crippen LogP contribution in [-0.4, -0.2) is 44.0 Å².